The number of pyridine rings is 1. The Morgan fingerprint density at radius 1 is 1.20 bits per heavy atom. The molecule has 1 saturated heterocycles. The van der Waals surface area contributed by atoms with Gasteiger partial charge in [0, 0.05) is 43.5 Å². The lowest BCUT2D eigenvalue weighted by atomic mass is 9.72. The molecule has 0 aliphatic carbocycles. The fraction of sp³-hybridized carbons (Fsp3) is 0.500. The maximum absolute atomic E-state index is 13.4. The topological polar surface area (TPSA) is 84.0 Å². The number of urea groups is 1. The summed E-state index contributed by atoms with van der Waals surface area (Å²) >= 11 is 5.99. The van der Waals surface area contributed by atoms with E-state index in [9.17, 15) is 9.59 Å². The molecule has 2 aromatic rings. The van der Waals surface area contributed by atoms with Crippen LogP contribution in [0, 0.1) is 0 Å². The van der Waals surface area contributed by atoms with Gasteiger partial charge in [0.1, 0.15) is 10.8 Å². The van der Waals surface area contributed by atoms with Crippen molar-refractivity contribution in [1.82, 2.24) is 15.2 Å². The first kappa shape index (κ1) is 23.9. The molecule has 0 unspecified atom stereocenters. The molecule has 1 aromatic heterocycles. The Kier molecular flexibility index (Phi) is 6.13. The Balaban J connectivity index is 1.37. The zero-order chi connectivity index (χ0) is 24.8. The Morgan fingerprint density at radius 2 is 1.97 bits per heavy atom. The van der Waals surface area contributed by atoms with Crippen LogP contribution in [0.5, 0.6) is 0 Å². The monoisotopic (exact) mass is 498 g/mol. The number of amides is 3. The summed E-state index contributed by atoms with van der Waals surface area (Å²) in [5, 5.41) is 3.43. The van der Waals surface area contributed by atoms with E-state index in [1.807, 2.05) is 37.8 Å². The number of rotatable bonds is 2. The molecule has 186 valence electrons. The smallest absolute Gasteiger partial charge is 0.410 e. The minimum absolute atomic E-state index is 0.149. The largest absolute Gasteiger partial charge is 0.444 e. The van der Waals surface area contributed by atoms with E-state index in [0.29, 0.717) is 44.5 Å². The van der Waals surface area contributed by atoms with Gasteiger partial charge in [0.05, 0.1) is 13.2 Å². The molecule has 3 amide bonds. The molecule has 0 radical (unpaired) electrons. The van der Waals surface area contributed by atoms with Crippen molar-refractivity contribution >= 4 is 29.4 Å². The van der Waals surface area contributed by atoms with E-state index in [-0.39, 0.29) is 17.5 Å². The highest BCUT2D eigenvalue weighted by Crippen LogP contribution is 2.50. The maximum atomic E-state index is 13.4. The summed E-state index contributed by atoms with van der Waals surface area (Å²) in [6.07, 6.45) is 2.88. The number of aromatic nitrogens is 1. The van der Waals surface area contributed by atoms with Crippen molar-refractivity contribution in [1.29, 1.82) is 0 Å². The first-order chi connectivity index (χ1) is 16.7. The number of carbonyl (C=O) groups is 2. The van der Waals surface area contributed by atoms with Crippen LogP contribution in [0.15, 0.2) is 30.5 Å². The van der Waals surface area contributed by atoms with Crippen LogP contribution < -0.4 is 10.2 Å². The number of hydrogen-bond acceptors (Lipinski definition) is 5. The van der Waals surface area contributed by atoms with E-state index in [0.717, 1.165) is 24.1 Å². The number of carbonyl (C=O) groups excluding carboxylic acids is 2. The van der Waals surface area contributed by atoms with Crippen LogP contribution in [-0.4, -0.2) is 47.2 Å². The van der Waals surface area contributed by atoms with E-state index in [1.54, 1.807) is 17.2 Å². The van der Waals surface area contributed by atoms with Gasteiger partial charge in [-0.25, -0.2) is 14.6 Å². The fourth-order valence-electron chi connectivity index (χ4n) is 5.38. The molecule has 8 nitrogen and oxygen atoms in total. The minimum atomic E-state index is -0.529. The van der Waals surface area contributed by atoms with Crippen LogP contribution in [0.25, 0.3) is 0 Å². The predicted octanol–water partition coefficient (Wildman–Crippen LogP) is 4.76. The first-order valence-corrected chi connectivity index (χ1v) is 12.4. The highest BCUT2D eigenvalue weighted by molar-refractivity contribution is 6.29. The molecule has 0 bridgehead atoms. The maximum Gasteiger partial charge on any atom is 0.410 e. The molecule has 4 heterocycles. The first-order valence-electron chi connectivity index (χ1n) is 12.0. The highest BCUT2D eigenvalue weighted by Gasteiger charge is 2.49. The number of nitrogens with one attached hydrogen (secondary N) is 1. The van der Waals surface area contributed by atoms with Crippen LogP contribution in [-0.2, 0) is 34.6 Å². The molecule has 9 heteroatoms. The number of likely N-dealkylation sites (tertiary alicyclic amines) is 1. The molecular weight excluding hydrogens is 468 g/mol. The zero-order valence-corrected chi connectivity index (χ0v) is 21.2. The Morgan fingerprint density at radius 3 is 2.69 bits per heavy atom. The van der Waals surface area contributed by atoms with Gasteiger partial charge < -0.3 is 19.7 Å². The summed E-state index contributed by atoms with van der Waals surface area (Å²) in [4.78, 5) is 33.7. The molecule has 1 aromatic carbocycles. The lowest BCUT2D eigenvalue weighted by Gasteiger charge is -2.40. The Labute approximate surface area is 210 Å². The summed E-state index contributed by atoms with van der Waals surface area (Å²) in [5.74, 6) is 0. The second-order valence-electron chi connectivity index (χ2n) is 10.6. The Hall–Kier alpha value is -2.84. The second kappa shape index (κ2) is 8.99. The van der Waals surface area contributed by atoms with Gasteiger partial charge in [-0.2, -0.15) is 0 Å². The van der Waals surface area contributed by atoms with Crippen molar-refractivity contribution in [3.63, 3.8) is 0 Å². The highest BCUT2D eigenvalue weighted by atomic mass is 35.5. The van der Waals surface area contributed by atoms with Crippen LogP contribution >= 0.6 is 11.6 Å². The van der Waals surface area contributed by atoms with Gasteiger partial charge in [-0.05, 0) is 74.1 Å². The fourth-order valence-corrected chi connectivity index (χ4v) is 5.58. The van der Waals surface area contributed by atoms with Gasteiger partial charge in [-0.1, -0.05) is 17.7 Å². The SMILES string of the molecule is CC(C)(C)OC(=O)N1CCC2(CC1)CN(C(=O)NCc1ccnc(Cl)c1)c1ccc3c(c12)COC3. The number of halogens is 1. The van der Waals surface area contributed by atoms with Crippen LogP contribution in [0.3, 0.4) is 0 Å². The summed E-state index contributed by atoms with van der Waals surface area (Å²) < 4.78 is 11.4. The van der Waals surface area contributed by atoms with Crippen molar-refractivity contribution in [2.24, 2.45) is 0 Å². The average Bonchev–Trinajstić information content (AvgIpc) is 3.40. The van der Waals surface area contributed by atoms with Crippen molar-refractivity contribution in [2.75, 3.05) is 24.5 Å². The van der Waals surface area contributed by atoms with E-state index >= 15 is 0 Å². The molecule has 5 rings (SSSR count). The van der Waals surface area contributed by atoms with Crippen LogP contribution in [0.4, 0.5) is 15.3 Å². The molecule has 1 N–H and O–H groups in total. The van der Waals surface area contributed by atoms with Gasteiger partial charge in [0.2, 0.25) is 0 Å². The van der Waals surface area contributed by atoms with Gasteiger partial charge >= 0.3 is 12.1 Å². The summed E-state index contributed by atoms with van der Waals surface area (Å²) in [7, 11) is 0. The van der Waals surface area contributed by atoms with Crippen LogP contribution in [0.2, 0.25) is 5.15 Å². The molecule has 3 aliphatic heterocycles. The number of piperidine rings is 1. The number of benzene rings is 1. The van der Waals surface area contributed by atoms with Gasteiger partial charge in [0.25, 0.3) is 0 Å². The van der Waals surface area contributed by atoms with E-state index in [2.05, 4.69) is 16.4 Å². The number of hydrogen-bond donors (Lipinski definition) is 1. The average molecular weight is 499 g/mol. The predicted molar refractivity (Wildman–Crippen MR) is 132 cm³/mol. The molecule has 0 atom stereocenters. The molecule has 3 aliphatic rings. The number of fused-ring (bicyclic) bond motifs is 4. The normalized spacial score (nSPS) is 18.4. The van der Waals surface area contributed by atoms with Crippen molar-refractivity contribution in [2.45, 2.75) is 64.4 Å². The second-order valence-corrected chi connectivity index (χ2v) is 11.0. The van der Waals surface area contributed by atoms with Crippen molar-refractivity contribution in [3.8, 4) is 0 Å². The lowest BCUT2D eigenvalue weighted by molar-refractivity contribution is 0.0170. The third-order valence-electron chi connectivity index (χ3n) is 7.03. The molecule has 1 spiro atoms. The zero-order valence-electron chi connectivity index (χ0n) is 20.4. The van der Waals surface area contributed by atoms with E-state index in [1.165, 1.54) is 16.7 Å². The van der Waals surface area contributed by atoms with Gasteiger partial charge in [0.15, 0.2) is 0 Å². The summed E-state index contributed by atoms with van der Waals surface area (Å²) in [6.45, 7) is 8.90. The quantitative estimate of drug-likeness (QED) is 0.603. The Bertz CT molecular complexity index is 1150. The van der Waals surface area contributed by atoms with E-state index < -0.39 is 5.60 Å². The lowest BCUT2D eigenvalue weighted by Crippen LogP contribution is -2.50. The van der Waals surface area contributed by atoms with Gasteiger partial charge in [-0.15, -0.1) is 0 Å². The number of ether oxygens (including phenoxy) is 2. The van der Waals surface area contributed by atoms with Crippen LogP contribution in [0.1, 0.15) is 55.9 Å². The summed E-state index contributed by atoms with van der Waals surface area (Å²) in [6, 6.07) is 7.55. The summed E-state index contributed by atoms with van der Waals surface area (Å²) in [5.41, 5.74) is 4.67. The standard InChI is InChI=1S/C26H31ClN4O4/c1-25(2,3)35-24(33)30-10-7-26(8-11-30)16-31(20-5-4-18-14-34-15-19(18)22(20)26)23(32)29-13-17-6-9-28-21(27)12-17/h4-6,9,12H,7-8,10-11,13-16H2,1-3H3,(H,29,32). The van der Waals surface area contributed by atoms with E-state index in [4.69, 9.17) is 21.1 Å². The molecule has 35 heavy (non-hydrogen) atoms. The molecule has 1 fully saturated rings. The number of nitrogens with zero attached hydrogens (tertiary/aromatic N) is 3. The molecule has 0 saturated carbocycles. The third-order valence-corrected chi connectivity index (χ3v) is 7.23. The van der Waals surface area contributed by atoms with Crippen molar-refractivity contribution < 1.29 is 19.1 Å². The van der Waals surface area contributed by atoms with Crippen molar-refractivity contribution in [3.05, 3.63) is 57.9 Å². The number of anilines is 1. The minimum Gasteiger partial charge on any atom is -0.444 e. The van der Waals surface area contributed by atoms with Gasteiger partial charge in [-0.3, -0.25) is 4.90 Å². The molecular formula is C26H31ClN4O4. The third kappa shape index (κ3) is 4.69.